The van der Waals surface area contributed by atoms with E-state index in [2.05, 4.69) is 38.3 Å². The number of hydrogen-bond donors (Lipinski definition) is 1. The molecule has 2 bridgehead atoms. The fraction of sp³-hybridized carbons (Fsp3) is 0.485. The van der Waals surface area contributed by atoms with Crippen LogP contribution in [0.25, 0.3) is 0 Å². The van der Waals surface area contributed by atoms with Gasteiger partial charge >= 0.3 is 0 Å². The SMILES string of the molecule is C=CC/C=C/C1CC(C)C2C(=O)N(Cc3cccc(CN4C(=O)C5C6C=C(CC=C)C(C6)C5C4=O)c3)C(O)C12. The lowest BCUT2D eigenvalue weighted by atomic mass is 9.80. The van der Waals surface area contributed by atoms with Crippen LogP contribution < -0.4 is 0 Å². The van der Waals surface area contributed by atoms with Crippen molar-refractivity contribution >= 4 is 17.7 Å². The average Bonchev–Trinajstić information content (AvgIpc) is 3.68. The number of benzene rings is 1. The van der Waals surface area contributed by atoms with Gasteiger partial charge in [-0.05, 0) is 60.5 Å². The van der Waals surface area contributed by atoms with E-state index in [4.69, 9.17) is 0 Å². The number of aliphatic hydroxyl groups is 1. The summed E-state index contributed by atoms with van der Waals surface area (Å²) in [6.07, 6.45) is 12.7. The van der Waals surface area contributed by atoms with E-state index in [9.17, 15) is 19.5 Å². The Bertz CT molecular complexity index is 1280. The van der Waals surface area contributed by atoms with Gasteiger partial charge in [-0.1, -0.05) is 67.1 Å². The molecule has 0 aromatic heterocycles. The number of carbonyl (C=O) groups excluding carboxylic acids is 3. The highest BCUT2D eigenvalue weighted by Gasteiger charge is 2.61. The molecule has 9 atom stereocenters. The van der Waals surface area contributed by atoms with Crippen LogP contribution in [0.15, 0.2) is 73.4 Å². The lowest BCUT2D eigenvalue weighted by molar-refractivity contribution is -0.141. The molecule has 6 heteroatoms. The molecule has 4 fully saturated rings. The Labute approximate surface area is 230 Å². The molecule has 3 amide bonds. The van der Waals surface area contributed by atoms with Gasteiger partial charge in [0.1, 0.15) is 6.23 Å². The van der Waals surface area contributed by atoms with Crippen LogP contribution in [0.3, 0.4) is 0 Å². The minimum atomic E-state index is -0.830. The van der Waals surface area contributed by atoms with Gasteiger partial charge in [0.15, 0.2) is 0 Å². The van der Waals surface area contributed by atoms with Crippen molar-refractivity contribution in [1.82, 2.24) is 9.80 Å². The van der Waals surface area contributed by atoms with Crippen LogP contribution in [-0.4, -0.2) is 38.9 Å². The molecule has 204 valence electrons. The molecule has 2 aliphatic heterocycles. The van der Waals surface area contributed by atoms with Gasteiger partial charge < -0.3 is 10.0 Å². The summed E-state index contributed by atoms with van der Waals surface area (Å²) >= 11 is 0. The van der Waals surface area contributed by atoms with Crippen LogP contribution in [0.5, 0.6) is 0 Å². The molecule has 0 radical (unpaired) electrons. The number of imide groups is 1. The first-order valence-electron chi connectivity index (χ1n) is 14.3. The zero-order chi connectivity index (χ0) is 27.4. The van der Waals surface area contributed by atoms with Crippen LogP contribution in [0.4, 0.5) is 0 Å². The number of amides is 3. The number of aliphatic hydroxyl groups excluding tert-OH is 1. The molecule has 3 aliphatic carbocycles. The summed E-state index contributed by atoms with van der Waals surface area (Å²) in [7, 11) is 0. The van der Waals surface area contributed by atoms with Gasteiger partial charge in [-0.3, -0.25) is 19.3 Å². The summed E-state index contributed by atoms with van der Waals surface area (Å²) in [4.78, 5) is 43.2. The largest absolute Gasteiger partial charge is 0.373 e. The Morgan fingerprint density at radius 1 is 0.974 bits per heavy atom. The van der Waals surface area contributed by atoms with E-state index in [1.54, 1.807) is 4.90 Å². The first-order chi connectivity index (χ1) is 18.8. The van der Waals surface area contributed by atoms with Crippen molar-refractivity contribution in [2.45, 2.75) is 51.9 Å². The number of likely N-dealkylation sites (tertiary alicyclic amines) is 2. The molecule has 2 saturated heterocycles. The van der Waals surface area contributed by atoms with Crippen LogP contribution in [0, 0.1) is 47.3 Å². The zero-order valence-corrected chi connectivity index (χ0v) is 22.6. The molecule has 1 aromatic carbocycles. The molecule has 2 saturated carbocycles. The molecular weight excluding hydrogens is 488 g/mol. The maximum atomic E-state index is 13.4. The monoisotopic (exact) mass is 526 g/mol. The first-order valence-corrected chi connectivity index (χ1v) is 14.3. The zero-order valence-electron chi connectivity index (χ0n) is 22.6. The highest BCUT2D eigenvalue weighted by Crippen LogP contribution is 2.56. The summed E-state index contributed by atoms with van der Waals surface area (Å²) in [5, 5.41) is 11.3. The van der Waals surface area contributed by atoms with Crippen molar-refractivity contribution in [3.05, 3.63) is 84.5 Å². The highest BCUT2D eigenvalue weighted by atomic mass is 16.3. The van der Waals surface area contributed by atoms with Crippen LogP contribution in [0.2, 0.25) is 0 Å². The molecule has 5 aliphatic rings. The first kappa shape index (κ1) is 26.0. The van der Waals surface area contributed by atoms with Gasteiger partial charge in [0.05, 0.1) is 18.4 Å². The number of fused-ring (bicyclic) bond motifs is 6. The van der Waals surface area contributed by atoms with Crippen molar-refractivity contribution in [3.8, 4) is 0 Å². The fourth-order valence-corrected chi connectivity index (χ4v) is 8.38. The highest BCUT2D eigenvalue weighted by molar-refractivity contribution is 6.06. The second-order valence-electron chi connectivity index (χ2n) is 12.2. The van der Waals surface area contributed by atoms with E-state index in [1.165, 1.54) is 10.5 Å². The van der Waals surface area contributed by atoms with E-state index in [0.717, 1.165) is 36.8 Å². The maximum absolute atomic E-state index is 13.4. The standard InChI is InChI=1S/C33H38N2O4/c1-4-6-7-12-23-13-19(3)26-27(23)31(37)34(30(26)36)17-20-10-8-11-21(14-20)18-35-32(38)28-24-15-22(9-5-2)25(16-24)29(28)33(35)39/h4-5,7-8,10-12,14-15,19,23-29,31,37H,1-2,6,9,13,16-18H2,3H3/b12-7+. The average molecular weight is 527 g/mol. The molecule has 2 heterocycles. The number of hydrogen-bond acceptors (Lipinski definition) is 4. The number of rotatable bonds is 9. The predicted octanol–water partition coefficient (Wildman–Crippen LogP) is 4.62. The minimum absolute atomic E-state index is 0.0149. The molecule has 1 N–H and O–H groups in total. The van der Waals surface area contributed by atoms with E-state index in [1.807, 2.05) is 36.4 Å². The minimum Gasteiger partial charge on any atom is -0.373 e. The molecular formula is C33H38N2O4. The van der Waals surface area contributed by atoms with E-state index < -0.39 is 6.23 Å². The van der Waals surface area contributed by atoms with Gasteiger partial charge in [-0.2, -0.15) is 0 Å². The Hall–Kier alpha value is -3.25. The lowest BCUT2D eigenvalue weighted by Crippen LogP contribution is -2.36. The van der Waals surface area contributed by atoms with Gasteiger partial charge in [0.2, 0.25) is 17.7 Å². The molecule has 9 unspecified atom stereocenters. The van der Waals surface area contributed by atoms with Crippen LogP contribution in [-0.2, 0) is 27.5 Å². The normalized spacial score (nSPS) is 36.7. The lowest BCUT2D eigenvalue weighted by Gasteiger charge is -2.26. The number of nitrogens with zero attached hydrogens (tertiary/aromatic N) is 2. The molecule has 39 heavy (non-hydrogen) atoms. The van der Waals surface area contributed by atoms with E-state index in [0.29, 0.717) is 6.54 Å². The third-order valence-electron chi connectivity index (χ3n) is 9.96. The van der Waals surface area contributed by atoms with Gasteiger partial charge in [-0.15, -0.1) is 13.2 Å². The van der Waals surface area contributed by atoms with Crippen molar-refractivity contribution in [1.29, 1.82) is 0 Å². The number of allylic oxidation sites excluding steroid dienone is 6. The fourth-order valence-electron chi connectivity index (χ4n) is 8.38. The second kappa shape index (κ2) is 10.1. The summed E-state index contributed by atoms with van der Waals surface area (Å²) in [6, 6.07) is 7.73. The molecule has 6 rings (SSSR count). The Kier molecular flexibility index (Phi) is 6.70. The van der Waals surface area contributed by atoms with Gasteiger partial charge in [-0.25, -0.2) is 0 Å². The quantitative estimate of drug-likeness (QED) is 0.376. The summed E-state index contributed by atoms with van der Waals surface area (Å²) < 4.78 is 0. The Morgan fingerprint density at radius 2 is 1.72 bits per heavy atom. The number of carbonyl (C=O) groups is 3. The van der Waals surface area contributed by atoms with Gasteiger partial charge in [0.25, 0.3) is 0 Å². The Morgan fingerprint density at radius 3 is 2.46 bits per heavy atom. The van der Waals surface area contributed by atoms with Crippen LogP contribution in [0.1, 0.15) is 43.7 Å². The van der Waals surface area contributed by atoms with Gasteiger partial charge in [0, 0.05) is 18.4 Å². The summed E-state index contributed by atoms with van der Waals surface area (Å²) in [5.74, 6) is -0.140. The van der Waals surface area contributed by atoms with E-state index >= 15 is 0 Å². The second-order valence-corrected chi connectivity index (χ2v) is 12.2. The Balaban J connectivity index is 1.15. The molecule has 6 nitrogen and oxygen atoms in total. The summed E-state index contributed by atoms with van der Waals surface area (Å²) in [6.45, 7) is 10.3. The molecule has 1 aromatic rings. The van der Waals surface area contributed by atoms with E-state index in [-0.39, 0.29) is 71.6 Å². The molecule has 0 spiro atoms. The maximum Gasteiger partial charge on any atom is 0.234 e. The van der Waals surface area contributed by atoms with Crippen molar-refractivity contribution in [2.75, 3.05) is 0 Å². The van der Waals surface area contributed by atoms with Crippen molar-refractivity contribution in [2.24, 2.45) is 47.3 Å². The van der Waals surface area contributed by atoms with Crippen molar-refractivity contribution in [3.63, 3.8) is 0 Å². The predicted molar refractivity (Wildman–Crippen MR) is 148 cm³/mol. The third kappa shape index (κ3) is 4.15. The topological polar surface area (TPSA) is 77.9 Å². The third-order valence-corrected chi connectivity index (χ3v) is 9.96. The summed E-state index contributed by atoms with van der Waals surface area (Å²) in [5.41, 5.74) is 3.01. The van der Waals surface area contributed by atoms with Crippen LogP contribution >= 0.6 is 0 Å². The smallest absolute Gasteiger partial charge is 0.234 e. The van der Waals surface area contributed by atoms with Crippen molar-refractivity contribution < 1.29 is 19.5 Å².